The Hall–Kier alpha value is -0.280. The van der Waals surface area contributed by atoms with Gasteiger partial charge in [-0.2, -0.15) is 0 Å². The van der Waals surface area contributed by atoms with Crippen molar-refractivity contribution in [1.29, 1.82) is 0 Å². The van der Waals surface area contributed by atoms with Crippen molar-refractivity contribution in [3.8, 4) is 0 Å². The van der Waals surface area contributed by atoms with Crippen molar-refractivity contribution in [3.05, 3.63) is 12.2 Å². The summed E-state index contributed by atoms with van der Waals surface area (Å²) in [6.07, 6.45) is 5.64. The van der Waals surface area contributed by atoms with E-state index in [1.165, 1.54) is 12.8 Å². The van der Waals surface area contributed by atoms with Crippen molar-refractivity contribution in [2.45, 2.75) is 38.2 Å². The van der Waals surface area contributed by atoms with Gasteiger partial charge in [0.2, 0.25) is 0 Å². The quantitative estimate of drug-likeness (QED) is 0.652. The summed E-state index contributed by atoms with van der Waals surface area (Å²) in [5, 5.41) is 0. The van der Waals surface area contributed by atoms with E-state index in [-0.39, 0.29) is 17.3 Å². The van der Waals surface area contributed by atoms with Gasteiger partial charge in [0.05, 0.1) is 0 Å². The third kappa shape index (κ3) is 3.53. The van der Waals surface area contributed by atoms with Crippen LogP contribution in [0.1, 0.15) is 26.7 Å². The molecule has 3 heteroatoms. The molecule has 1 rings (SSSR count). The van der Waals surface area contributed by atoms with Gasteiger partial charge in [-0.25, -0.2) is 0 Å². The Balaban J connectivity index is 2.28. The van der Waals surface area contributed by atoms with E-state index in [1.54, 1.807) is 24.8 Å². The van der Waals surface area contributed by atoms with E-state index in [9.17, 15) is 4.79 Å². The van der Waals surface area contributed by atoms with Crippen molar-refractivity contribution >= 4 is 17.5 Å². The van der Waals surface area contributed by atoms with E-state index >= 15 is 0 Å². The first-order valence-electron chi connectivity index (χ1n) is 4.73. The van der Waals surface area contributed by atoms with E-state index in [1.807, 2.05) is 6.08 Å². The summed E-state index contributed by atoms with van der Waals surface area (Å²) in [5.41, 5.74) is 0.0826. The SMILES string of the molecule is CCCCS[C@@H]1C=CC(=O)[C@@H](C)O1. The van der Waals surface area contributed by atoms with Crippen molar-refractivity contribution in [2.24, 2.45) is 0 Å². The number of carbonyl (C=O) groups is 1. The number of rotatable bonds is 4. The Morgan fingerprint density at radius 3 is 3.00 bits per heavy atom. The van der Waals surface area contributed by atoms with E-state index in [0.717, 1.165) is 5.75 Å². The van der Waals surface area contributed by atoms with Crippen LogP contribution in [0.4, 0.5) is 0 Å². The fraction of sp³-hybridized carbons (Fsp3) is 0.700. The zero-order valence-electron chi connectivity index (χ0n) is 8.16. The van der Waals surface area contributed by atoms with Gasteiger partial charge in [-0.15, -0.1) is 11.8 Å². The van der Waals surface area contributed by atoms with Crippen LogP contribution in [0, 0.1) is 0 Å². The number of ether oxygens (including phenoxy) is 1. The minimum absolute atomic E-state index is 0.0762. The Labute approximate surface area is 83.7 Å². The topological polar surface area (TPSA) is 26.3 Å². The number of carbonyl (C=O) groups excluding carboxylic acids is 1. The lowest BCUT2D eigenvalue weighted by atomic mass is 10.2. The maximum atomic E-state index is 11.0. The molecule has 0 radical (unpaired) electrons. The van der Waals surface area contributed by atoms with Crippen LogP contribution in [0.3, 0.4) is 0 Å². The third-order valence-corrected chi connectivity index (χ3v) is 3.06. The Kier molecular flexibility index (Phi) is 4.53. The molecule has 1 aliphatic heterocycles. The fourth-order valence-electron chi connectivity index (χ4n) is 1.06. The summed E-state index contributed by atoms with van der Waals surface area (Å²) in [7, 11) is 0. The van der Waals surface area contributed by atoms with Gasteiger partial charge in [-0.3, -0.25) is 4.79 Å². The number of unbranched alkanes of at least 4 members (excludes halogenated alkanes) is 1. The molecule has 0 aromatic rings. The molecule has 0 aromatic carbocycles. The predicted octanol–water partition coefficient (Wildman–Crippen LogP) is 2.39. The van der Waals surface area contributed by atoms with Gasteiger partial charge >= 0.3 is 0 Å². The molecule has 0 unspecified atom stereocenters. The van der Waals surface area contributed by atoms with Crippen molar-refractivity contribution in [1.82, 2.24) is 0 Å². The summed E-state index contributed by atoms with van der Waals surface area (Å²) in [4.78, 5) is 11.0. The first-order valence-corrected chi connectivity index (χ1v) is 5.78. The van der Waals surface area contributed by atoms with Crippen molar-refractivity contribution in [3.63, 3.8) is 0 Å². The first kappa shape index (κ1) is 10.8. The largest absolute Gasteiger partial charge is 0.352 e. The van der Waals surface area contributed by atoms with Crippen LogP contribution in [0.2, 0.25) is 0 Å². The highest BCUT2D eigenvalue weighted by Gasteiger charge is 2.20. The van der Waals surface area contributed by atoms with Gasteiger partial charge in [0, 0.05) is 0 Å². The second-order valence-corrected chi connectivity index (χ2v) is 4.34. The smallest absolute Gasteiger partial charge is 0.183 e. The Bertz CT molecular complexity index is 201. The average Bonchev–Trinajstić information content (AvgIpc) is 2.12. The van der Waals surface area contributed by atoms with Gasteiger partial charge in [0.25, 0.3) is 0 Å². The molecule has 0 saturated heterocycles. The van der Waals surface area contributed by atoms with Crippen LogP contribution >= 0.6 is 11.8 Å². The Morgan fingerprint density at radius 1 is 1.62 bits per heavy atom. The van der Waals surface area contributed by atoms with E-state index in [4.69, 9.17) is 4.74 Å². The van der Waals surface area contributed by atoms with E-state index in [2.05, 4.69) is 6.92 Å². The second-order valence-electron chi connectivity index (χ2n) is 3.13. The van der Waals surface area contributed by atoms with Crippen LogP contribution in [0.25, 0.3) is 0 Å². The van der Waals surface area contributed by atoms with Crippen LogP contribution in [-0.4, -0.2) is 23.1 Å². The number of hydrogen-bond acceptors (Lipinski definition) is 3. The molecule has 0 aromatic heterocycles. The highest BCUT2D eigenvalue weighted by atomic mass is 32.2. The van der Waals surface area contributed by atoms with Gasteiger partial charge in [0.15, 0.2) is 5.78 Å². The summed E-state index contributed by atoms with van der Waals surface area (Å²) in [6, 6.07) is 0. The third-order valence-electron chi connectivity index (χ3n) is 1.94. The summed E-state index contributed by atoms with van der Waals surface area (Å²) in [5.74, 6) is 1.18. The molecule has 2 atom stereocenters. The molecule has 0 spiro atoms. The van der Waals surface area contributed by atoms with Crippen LogP contribution in [0.5, 0.6) is 0 Å². The molecule has 1 aliphatic rings. The van der Waals surface area contributed by atoms with Crippen LogP contribution in [-0.2, 0) is 9.53 Å². The normalized spacial score (nSPS) is 28.0. The molecule has 0 fully saturated rings. The molecule has 0 saturated carbocycles. The van der Waals surface area contributed by atoms with Gasteiger partial charge in [-0.1, -0.05) is 13.3 Å². The average molecular weight is 200 g/mol. The summed E-state index contributed by atoms with van der Waals surface area (Å²) < 4.78 is 5.47. The second kappa shape index (κ2) is 5.45. The lowest BCUT2D eigenvalue weighted by Gasteiger charge is -2.21. The molecular formula is C10H16O2S. The van der Waals surface area contributed by atoms with E-state index in [0.29, 0.717) is 0 Å². The number of thioether (sulfide) groups is 1. The van der Waals surface area contributed by atoms with Gasteiger partial charge in [0.1, 0.15) is 11.5 Å². The highest BCUT2D eigenvalue weighted by molar-refractivity contribution is 7.99. The molecule has 0 aliphatic carbocycles. The Morgan fingerprint density at radius 2 is 2.38 bits per heavy atom. The molecule has 2 nitrogen and oxygen atoms in total. The highest BCUT2D eigenvalue weighted by Crippen LogP contribution is 2.21. The standard InChI is InChI=1S/C10H16O2S/c1-3-4-7-13-10-6-5-9(11)8(2)12-10/h5-6,8,10H,3-4,7H2,1-2H3/t8-,10-/m1/s1. The summed E-state index contributed by atoms with van der Waals surface area (Å²) in [6.45, 7) is 3.98. The van der Waals surface area contributed by atoms with E-state index < -0.39 is 0 Å². The van der Waals surface area contributed by atoms with Gasteiger partial charge in [-0.05, 0) is 31.2 Å². The zero-order chi connectivity index (χ0) is 9.68. The zero-order valence-corrected chi connectivity index (χ0v) is 8.97. The van der Waals surface area contributed by atoms with Crippen molar-refractivity contribution < 1.29 is 9.53 Å². The number of hydrogen-bond donors (Lipinski definition) is 0. The molecule has 0 amide bonds. The van der Waals surface area contributed by atoms with Gasteiger partial charge < -0.3 is 4.74 Å². The van der Waals surface area contributed by atoms with Crippen molar-refractivity contribution in [2.75, 3.05) is 5.75 Å². The minimum Gasteiger partial charge on any atom is -0.352 e. The molecule has 74 valence electrons. The molecule has 13 heavy (non-hydrogen) atoms. The minimum atomic E-state index is -0.260. The van der Waals surface area contributed by atoms with Crippen LogP contribution in [0.15, 0.2) is 12.2 Å². The maximum absolute atomic E-state index is 11.0. The number of ketones is 1. The summed E-state index contributed by atoms with van der Waals surface area (Å²) >= 11 is 1.77. The molecule has 1 heterocycles. The molecular weight excluding hydrogens is 184 g/mol. The fourth-order valence-corrected chi connectivity index (χ4v) is 2.18. The lowest BCUT2D eigenvalue weighted by molar-refractivity contribution is -0.125. The monoisotopic (exact) mass is 200 g/mol. The molecule has 0 bridgehead atoms. The lowest BCUT2D eigenvalue weighted by Crippen LogP contribution is -2.27. The molecule has 0 N–H and O–H groups in total. The van der Waals surface area contributed by atoms with Crippen LogP contribution < -0.4 is 0 Å². The predicted molar refractivity (Wildman–Crippen MR) is 55.8 cm³/mol. The maximum Gasteiger partial charge on any atom is 0.183 e. The first-order chi connectivity index (χ1) is 6.24.